The molecule has 0 atom stereocenters. The van der Waals surface area contributed by atoms with Crippen molar-refractivity contribution < 1.29 is 13.2 Å². The highest BCUT2D eigenvalue weighted by Gasteiger charge is 2.29. The van der Waals surface area contributed by atoms with Crippen molar-refractivity contribution in [1.82, 2.24) is 9.78 Å². The fourth-order valence-electron chi connectivity index (χ4n) is 3.79. The standard InChI is InChI=1S/C22H24N4O3S/c1-15-21(16(2)25(3)24-15)23-22(27)18-10-12-19(13-11-18)30(28,29)26-14-6-8-17-7-4-5-9-20(17)26/h4-5,7,9-13H,6,8,14H2,1-3H3,(H,23,27). The average Bonchev–Trinajstić information content (AvgIpc) is 2.99. The summed E-state index contributed by atoms with van der Waals surface area (Å²) in [6.07, 6.45) is 1.65. The number of para-hydroxylation sites is 1. The molecular formula is C22H24N4O3S. The van der Waals surface area contributed by atoms with Crippen LogP contribution in [-0.2, 0) is 23.5 Å². The first-order valence-corrected chi connectivity index (χ1v) is 11.3. The van der Waals surface area contributed by atoms with Crippen molar-refractivity contribution in [2.45, 2.75) is 31.6 Å². The second-order valence-electron chi connectivity index (χ2n) is 7.46. The van der Waals surface area contributed by atoms with E-state index in [9.17, 15) is 13.2 Å². The van der Waals surface area contributed by atoms with Crippen molar-refractivity contribution in [3.05, 3.63) is 71.0 Å². The molecule has 156 valence electrons. The van der Waals surface area contributed by atoms with Crippen LogP contribution in [-0.4, -0.2) is 30.7 Å². The van der Waals surface area contributed by atoms with Gasteiger partial charge in [-0.3, -0.25) is 13.8 Å². The van der Waals surface area contributed by atoms with E-state index in [0.717, 1.165) is 35.5 Å². The number of hydrogen-bond donors (Lipinski definition) is 1. The molecule has 0 fully saturated rings. The maximum absolute atomic E-state index is 13.2. The summed E-state index contributed by atoms with van der Waals surface area (Å²) in [5.74, 6) is -0.304. The Morgan fingerprint density at radius 3 is 2.43 bits per heavy atom. The molecular weight excluding hydrogens is 400 g/mol. The van der Waals surface area contributed by atoms with E-state index in [0.29, 0.717) is 17.8 Å². The van der Waals surface area contributed by atoms with Crippen LogP contribution >= 0.6 is 0 Å². The lowest BCUT2D eigenvalue weighted by molar-refractivity contribution is 0.102. The number of carbonyl (C=O) groups is 1. The van der Waals surface area contributed by atoms with E-state index in [2.05, 4.69) is 10.4 Å². The maximum Gasteiger partial charge on any atom is 0.264 e. The molecule has 1 aliphatic heterocycles. The SMILES string of the molecule is Cc1nn(C)c(C)c1NC(=O)c1ccc(S(=O)(=O)N2CCCc3ccccc32)cc1. The lowest BCUT2D eigenvalue weighted by Crippen LogP contribution is -2.35. The van der Waals surface area contributed by atoms with Crippen LogP contribution in [0.15, 0.2) is 53.4 Å². The predicted octanol–water partition coefficient (Wildman–Crippen LogP) is 3.43. The summed E-state index contributed by atoms with van der Waals surface area (Å²) in [5, 5.41) is 7.16. The van der Waals surface area contributed by atoms with Gasteiger partial charge in [0.05, 0.1) is 27.7 Å². The Kier molecular flexibility index (Phi) is 5.11. The predicted molar refractivity (Wildman–Crippen MR) is 116 cm³/mol. The van der Waals surface area contributed by atoms with Crippen molar-refractivity contribution in [1.29, 1.82) is 0 Å². The topological polar surface area (TPSA) is 84.3 Å². The summed E-state index contributed by atoms with van der Waals surface area (Å²) in [5.41, 5.74) is 4.40. The van der Waals surface area contributed by atoms with E-state index in [4.69, 9.17) is 0 Å². The molecule has 4 rings (SSSR count). The summed E-state index contributed by atoms with van der Waals surface area (Å²) in [6.45, 7) is 4.15. The number of benzene rings is 2. The number of nitrogens with one attached hydrogen (secondary N) is 1. The molecule has 2 heterocycles. The molecule has 30 heavy (non-hydrogen) atoms. The van der Waals surface area contributed by atoms with Gasteiger partial charge in [-0.15, -0.1) is 0 Å². The zero-order valence-electron chi connectivity index (χ0n) is 17.2. The van der Waals surface area contributed by atoms with Crippen LogP contribution in [0.5, 0.6) is 0 Å². The number of anilines is 2. The number of aryl methyl sites for hydroxylation is 3. The van der Waals surface area contributed by atoms with E-state index in [1.807, 2.05) is 45.2 Å². The third-order valence-electron chi connectivity index (χ3n) is 5.52. The van der Waals surface area contributed by atoms with E-state index in [1.54, 1.807) is 16.8 Å². The minimum atomic E-state index is -3.70. The Balaban J connectivity index is 1.58. The molecule has 1 N–H and O–H groups in total. The van der Waals surface area contributed by atoms with Crippen molar-refractivity contribution in [3.8, 4) is 0 Å². The molecule has 0 unspecified atom stereocenters. The van der Waals surface area contributed by atoms with Gasteiger partial charge < -0.3 is 5.32 Å². The van der Waals surface area contributed by atoms with Gasteiger partial charge in [-0.1, -0.05) is 18.2 Å². The van der Waals surface area contributed by atoms with Gasteiger partial charge in [0.1, 0.15) is 0 Å². The molecule has 0 saturated carbocycles. The monoisotopic (exact) mass is 424 g/mol. The van der Waals surface area contributed by atoms with Crippen LogP contribution in [0.4, 0.5) is 11.4 Å². The molecule has 7 nitrogen and oxygen atoms in total. The van der Waals surface area contributed by atoms with Crippen LogP contribution in [0.25, 0.3) is 0 Å². The van der Waals surface area contributed by atoms with E-state index >= 15 is 0 Å². The molecule has 0 aliphatic carbocycles. The zero-order chi connectivity index (χ0) is 21.5. The first kappa shape index (κ1) is 20.2. The van der Waals surface area contributed by atoms with Crippen LogP contribution < -0.4 is 9.62 Å². The van der Waals surface area contributed by atoms with E-state index in [-0.39, 0.29) is 10.8 Å². The second kappa shape index (κ2) is 7.60. The van der Waals surface area contributed by atoms with Gasteiger partial charge >= 0.3 is 0 Å². The zero-order valence-corrected chi connectivity index (χ0v) is 18.0. The minimum Gasteiger partial charge on any atom is -0.319 e. The molecule has 8 heteroatoms. The number of rotatable bonds is 4. The number of sulfonamides is 1. The normalized spacial score (nSPS) is 13.8. The van der Waals surface area contributed by atoms with Gasteiger partial charge in [0.15, 0.2) is 0 Å². The van der Waals surface area contributed by atoms with Gasteiger partial charge in [0.25, 0.3) is 15.9 Å². The minimum absolute atomic E-state index is 0.171. The molecule has 0 bridgehead atoms. The third-order valence-corrected chi connectivity index (χ3v) is 7.35. The van der Waals surface area contributed by atoms with Gasteiger partial charge in [-0.25, -0.2) is 8.42 Å². The molecule has 1 aromatic heterocycles. The largest absolute Gasteiger partial charge is 0.319 e. The number of nitrogens with zero attached hydrogens (tertiary/aromatic N) is 3. The van der Waals surface area contributed by atoms with Crippen molar-refractivity contribution in [3.63, 3.8) is 0 Å². The molecule has 3 aromatic rings. The molecule has 0 radical (unpaired) electrons. The number of amides is 1. The van der Waals surface area contributed by atoms with Gasteiger partial charge in [0.2, 0.25) is 0 Å². The molecule has 2 aromatic carbocycles. The van der Waals surface area contributed by atoms with E-state index < -0.39 is 10.0 Å². The maximum atomic E-state index is 13.2. The Bertz CT molecular complexity index is 1210. The Morgan fingerprint density at radius 1 is 1.07 bits per heavy atom. The Labute approximate surface area is 176 Å². The van der Waals surface area contributed by atoms with Crippen LogP contribution in [0.3, 0.4) is 0 Å². The number of carbonyl (C=O) groups excluding carboxylic acids is 1. The van der Waals surface area contributed by atoms with Crippen molar-refractivity contribution in [2.75, 3.05) is 16.2 Å². The van der Waals surface area contributed by atoms with Crippen LogP contribution in [0, 0.1) is 13.8 Å². The average molecular weight is 425 g/mol. The van der Waals surface area contributed by atoms with Gasteiger partial charge in [-0.05, 0) is 62.6 Å². The molecule has 0 saturated heterocycles. The number of aromatic nitrogens is 2. The van der Waals surface area contributed by atoms with Crippen LogP contribution in [0.1, 0.15) is 33.7 Å². The quantitative estimate of drug-likeness (QED) is 0.695. The third kappa shape index (κ3) is 3.47. The van der Waals surface area contributed by atoms with E-state index in [1.165, 1.54) is 16.4 Å². The fraction of sp³-hybridized carbons (Fsp3) is 0.273. The molecule has 1 aliphatic rings. The molecule has 1 amide bonds. The second-order valence-corrected chi connectivity index (χ2v) is 9.32. The fourth-order valence-corrected chi connectivity index (χ4v) is 5.34. The van der Waals surface area contributed by atoms with Gasteiger partial charge in [0, 0.05) is 19.2 Å². The number of hydrogen-bond acceptors (Lipinski definition) is 4. The Hall–Kier alpha value is -3.13. The van der Waals surface area contributed by atoms with Gasteiger partial charge in [-0.2, -0.15) is 5.10 Å². The van der Waals surface area contributed by atoms with Crippen molar-refractivity contribution >= 4 is 27.3 Å². The highest BCUT2D eigenvalue weighted by Crippen LogP contribution is 2.31. The smallest absolute Gasteiger partial charge is 0.264 e. The lowest BCUT2D eigenvalue weighted by atomic mass is 10.0. The van der Waals surface area contributed by atoms with Crippen molar-refractivity contribution in [2.24, 2.45) is 7.05 Å². The van der Waals surface area contributed by atoms with Crippen LogP contribution in [0.2, 0.25) is 0 Å². The summed E-state index contributed by atoms with van der Waals surface area (Å²) >= 11 is 0. The highest BCUT2D eigenvalue weighted by atomic mass is 32.2. The number of fused-ring (bicyclic) bond motifs is 1. The lowest BCUT2D eigenvalue weighted by Gasteiger charge is -2.30. The molecule has 0 spiro atoms. The summed E-state index contributed by atoms with van der Waals surface area (Å²) in [4.78, 5) is 12.8. The first-order valence-electron chi connectivity index (χ1n) is 9.81. The highest BCUT2D eigenvalue weighted by molar-refractivity contribution is 7.92. The summed E-state index contributed by atoms with van der Waals surface area (Å²) in [7, 11) is -1.88. The summed E-state index contributed by atoms with van der Waals surface area (Å²) in [6, 6.07) is 13.6. The summed E-state index contributed by atoms with van der Waals surface area (Å²) < 4.78 is 29.6. The Morgan fingerprint density at radius 2 is 1.77 bits per heavy atom. The first-order chi connectivity index (χ1) is 14.3.